The highest BCUT2D eigenvalue weighted by Gasteiger charge is 2.33. The van der Waals surface area contributed by atoms with E-state index in [9.17, 15) is 12.8 Å². The Morgan fingerprint density at radius 1 is 1.07 bits per heavy atom. The highest BCUT2D eigenvalue weighted by Crippen LogP contribution is 2.44. The molecule has 3 aromatic rings. The maximum Gasteiger partial charge on any atom is 0.261 e. The largest absolute Gasteiger partial charge is 0.399 e. The molecule has 0 amide bonds. The number of nitrogens with one attached hydrogen (secondary N) is 2. The molecular formula is C23H24FN3O2S. The number of nitrogens with two attached hydrogens (primary N) is 1. The van der Waals surface area contributed by atoms with Gasteiger partial charge in [0.15, 0.2) is 0 Å². The highest BCUT2D eigenvalue weighted by molar-refractivity contribution is 7.92. The summed E-state index contributed by atoms with van der Waals surface area (Å²) in [6, 6.07) is 18.0. The molecule has 0 fully saturated rings. The zero-order valence-electron chi connectivity index (χ0n) is 16.8. The lowest BCUT2D eigenvalue weighted by atomic mass is 9.74. The van der Waals surface area contributed by atoms with Crippen LogP contribution in [0.25, 0.3) is 0 Å². The van der Waals surface area contributed by atoms with Crippen molar-refractivity contribution in [2.45, 2.75) is 36.6 Å². The molecule has 1 heterocycles. The maximum atomic E-state index is 13.1. The number of anilines is 3. The van der Waals surface area contributed by atoms with Crippen LogP contribution in [0.4, 0.5) is 21.5 Å². The van der Waals surface area contributed by atoms with Crippen molar-refractivity contribution < 1.29 is 12.8 Å². The van der Waals surface area contributed by atoms with Gasteiger partial charge in [0.05, 0.1) is 10.9 Å². The van der Waals surface area contributed by atoms with Crippen LogP contribution >= 0.6 is 0 Å². The fourth-order valence-corrected chi connectivity index (χ4v) is 5.00. The van der Waals surface area contributed by atoms with E-state index >= 15 is 0 Å². The Morgan fingerprint density at radius 2 is 1.80 bits per heavy atom. The third-order valence-corrected chi connectivity index (χ3v) is 6.88. The van der Waals surface area contributed by atoms with E-state index in [-0.39, 0.29) is 16.4 Å². The molecule has 1 unspecified atom stereocenters. The van der Waals surface area contributed by atoms with Crippen molar-refractivity contribution in [3.8, 4) is 0 Å². The second-order valence-corrected chi connectivity index (χ2v) is 9.96. The first-order valence-electron chi connectivity index (χ1n) is 9.69. The first-order chi connectivity index (χ1) is 14.1. The van der Waals surface area contributed by atoms with Crippen LogP contribution in [-0.2, 0) is 15.4 Å². The van der Waals surface area contributed by atoms with Gasteiger partial charge in [0, 0.05) is 17.1 Å². The molecule has 1 aliphatic heterocycles. The second-order valence-electron chi connectivity index (χ2n) is 8.27. The number of fused-ring (bicyclic) bond motifs is 1. The standard InChI is InChI=1S/C23H24FN3O2S/c1-23(2)14-22(26-21-11-8-17(25)13-20(21)23)15-4-3-5-18(12-15)27-30(28,29)19-9-6-16(24)7-10-19/h3-13,22,26-27H,14,25H2,1-2H3. The Hall–Kier alpha value is -3.06. The van der Waals surface area contributed by atoms with E-state index in [0.29, 0.717) is 5.69 Å². The zero-order valence-corrected chi connectivity index (χ0v) is 17.6. The average molecular weight is 426 g/mol. The quantitative estimate of drug-likeness (QED) is 0.511. The molecule has 156 valence electrons. The molecule has 0 radical (unpaired) electrons. The van der Waals surface area contributed by atoms with Gasteiger partial charge in [0.1, 0.15) is 5.82 Å². The van der Waals surface area contributed by atoms with E-state index in [1.807, 2.05) is 36.4 Å². The third-order valence-electron chi connectivity index (χ3n) is 5.48. The Labute approximate surface area is 176 Å². The number of benzene rings is 3. The van der Waals surface area contributed by atoms with Gasteiger partial charge < -0.3 is 11.1 Å². The SMILES string of the molecule is CC1(C)CC(c2cccc(NS(=O)(=O)c3ccc(F)cc3)c2)Nc2ccc(N)cc21. The van der Waals surface area contributed by atoms with Crippen LogP contribution in [0, 0.1) is 5.82 Å². The summed E-state index contributed by atoms with van der Waals surface area (Å²) >= 11 is 0. The van der Waals surface area contributed by atoms with Crippen molar-refractivity contribution in [3.05, 3.63) is 83.7 Å². The van der Waals surface area contributed by atoms with Gasteiger partial charge in [-0.1, -0.05) is 26.0 Å². The Bertz CT molecular complexity index is 1190. The molecule has 0 saturated heterocycles. The van der Waals surface area contributed by atoms with Crippen LogP contribution in [0.15, 0.2) is 71.6 Å². The minimum Gasteiger partial charge on any atom is -0.399 e. The molecule has 4 N–H and O–H groups in total. The highest BCUT2D eigenvalue weighted by atomic mass is 32.2. The predicted molar refractivity (Wildman–Crippen MR) is 119 cm³/mol. The number of hydrogen-bond donors (Lipinski definition) is 3. The van der Waals surface area contributed by atoms with Crippen LogP contribution in [0.5, 0.6) is 0 Å². The lowest BCUT2D eigenvalue weighted by molar-refractivity contribution is 0.427. The third kappa shape index (κ3) is 3.98. The number of sulfonamides is 1. The fourth-order valence-electron chi connectivity index (χ4n) is 3.95. The van der Waals surface area contributed by atoms with Crippen molar-refractivity contribution in [1.82, 2.24) is 0 Å². The van der Waals surface area contributed by atoms with Crippen molar-refractivity contribution in [3.63, 3.8) is 0 Å². The molecule has 1 aliphatic rings. The normalized spacial score (nSPS) is 17.6. The Kier molecular flexibility index (Phi) is 4.94. The molecule has 0 aromatic heterocycles. The second kappa shape index (κ2) is 7.32. The minimum absolute atomic E-state index is 0.0118. The lowest BCUT2D eigenvalue weighted by Crippen LogP contribution is -2.31. The van der Waals surface area contributed by atoms with Crippen molar-refractivity contribution in [1.29, 1.82) is 0 Å². The van der Waals surface area contributed by atoms with Gasteiger partial charge in [0.25, 0.3) is 10.0 Å². The molecule has 7 heteroatoms. The lowest BCUT2D eigenvalue weighted by Gasteiger charge is -2.39. The molecule has 1 atom stereocenters. The fraction of sp³-hybridized carbons (Fsp3) is 0.217. The number of nitrogen functional groups attached to an aromatic ring is 1. The van der Waals surface area contributed by atoms with Crippen LogP contribution in [0.3, 0.4) is 0 Å². The van der Waals surface area contributed by atoms with Crippen molar-refractivity contribution in [2.24, 2.45) is 0 Å². The molecule has 30 heavy (non-hydrogen) atoms. The Morgan fingerprint density at radius 3 is 2.53 bits per heavy atom. The van der Waals surface area contributed by atoms with E-state index < -0.39 is 15.8 Å². The summed E-state index contributed by atoms with van der Waals surface area (Å²) in [5.41, 5.74) is 10.3. The molecule has 0 bridgehead atoms. The summed E-state index contributed by atoms with van der Waals surface area (Å²) in [6.07, 6.45) is 0.831. The topological polar surface area (TPSA) is 84.2 Å². The van der Waals surface area contributed by atoms with Gasteiger partial charge in [-0.2, -0.15) is 0 Å². The summed E-state index contributed by atoms with van der Waals surface area (Å²) in [6.45, 7) is 4.36. The summed E-state index contributed by atoms with van der Waals surface area (Å²) < 4.78 is 41.0. The predicted octanol–water partition coefficient (Wildman–Crippen LogP) is 5.04. The van der Waals surface area contributed by atoms with Gasteiger partial charge in [-0.05, 0) is 77.6 Å². The molecule has 5 nitrogen and oxygen atoms in total. The molecule has 0 spiro atoms. The molecule has 3 aromatic carbocycles. The van der Waals surface area contributed by atoms with Gasteiger partial charge in [-0.25, -0.2) is 12.8 Å². The van der Waals surface area contributed by atoms with E-state index in [1.54, 1.807) is 6.07 Å². The maximum absolute atomic E-state index is 13.1. The van der Waals surface area contributed by atoms with Gasteiger partial charge in [-0.3, -0.25) is 4.72 Å². The monoisotopic (exact) mass is 425 g/mol. The number of halogens is 1. The van der Waals surface area contributed by atoms with Gasteiger partial charge in [0.2, 0.25) is 0 Å². The minimum atomic E-state index is -3.80. The first-order valence-corrected chi connectivity index (χ1v) is 11.2. The van der Waals surface area contributed by atoms with Crippen molar-refractivity contribution >= 4 is 27.1 Å². The number of rotatable bonds is 4. The molecular weight excluding hydrogens is 401 g/mol. The van der Waals surface area contributed by atoms with E-state index in [1.165, 1.54) is 17.7 Å². The first kappa shape index (κ1) is 20.2. The van der Waals surface area contributed by atoms with E-state index in [2.05, 4.69) is 23.9 Å². The van der Waals surface area contributed by atoms with E-state index in [4.69, 9.17) is 5.73 Å². The zero-order chi connectivity index (χ0) is 21.5. The summed E-state index contributed by atoms with van der Waals surface area (Å²) in [5.74, 6) is -0.482. The van der Waals surface area contributed by atoms with E-state index in [0.717, 1.165) is 35.5 Å². The van der Waals surface area contributed by atoms with Crippen LogP contribution in [-0.4, -0.2) is 8.42 Å². The van der Waals surface area contributed by atoms with Crippen LogP contribution in [0.2, 0.25) is 0 Å². The number of hydrogen-bond acceptors (Lipinski definition) is 4. The van der Waals surface area contributed by atoms with Crippen LogP contribution < -0.4 is 15.8 Å². The molecule has 4 rings (SSSR count). The molecule has 0 saturated carbocycles. The summed E-state index contributed by atoms with van der Waals surface area (Å²) in [7, 11) is -3.80. The van der Waals surface area contributed by atoms with Gasteiger partial charge in [-0.15, -0.1) is 0 Å². The summed E-state index contributed by atoms with van der Waals surface area (Å²) in [4.78, 5) is 0.0118. The smallest absolute Gasteiger partial charge is 0.261 e. The van der Waals surface area contributed by atoms with Crippen molar-refractivity contribution in [2.75, 3.05) is 15.8 Å². The van der Waals surface area contributed by atoms with Gasteiger partial charge >= 0.3 is 0 Å². The summed E-state index contributed by atoms with van der Waals surface area (Å²) in [5, 5.41) is 3.55. The van der Waals surface area contributed by atoms with Crippen LogP contribution in [0.1, 0.15) is 37.4 Å². The molecule has 0 aliphatic carbocycles. The Balaban J connectivity index is 1.61. The average Bonchev–Trinajstić information content (AvgIpc) is 2.68.